The van der Waals surface area contributed by atoms with Crippen LogP contribution in [0.1, 0.15) is 5.69 Å². The third-order valence-electron chi connectivity index (χ3n) is 11.7. The summed E-state index contributed by atoms with van der Waals surface area (Å²) in [6.45, 7) is 12.0. The van der Waals surface area contributed by atoms with Crippen molar-refractivity contribution in [2.24, 2.45) is 0 Å². The lowest BCUT2D eigenvalue weighted by Crippen LogP contribution is -2.04. The van der Waals surface area contributed by atoms with Crippen molar-refractivity contribution in [1.82, 2.24) is 24.1 Å². The first kappa shape index (κ1) is 38.0. The van der Waals surface area contributed by atoms with Crippen LogP contribution in [0.2, 0.25) is 0 Å². The van der Waals surface area contributed by atoms with Crippen LogP contribution in [0.5, 0.6) is 0 Å². The van der Waals surface area contributed by atoms with Crippen molar-refractivity contribution >= 4 is 44.5 Å². The second-order valence-electron chi connectivity index (χ2n) is 15.6. The fourth-order valence-electron chi connectivity index (χ4n) is 8.82. The summed E-state index contributed by atoms with van der Waals surface area (Å²) in [6.07, 6.45) is 5.87. The van der Waals surface area contributed by atoms with Crippen molar-refractivity contribution < 1.29 is 0 Å². The maximum Gasteiger partial charge on any atom is 0.188 e. The molecule has 0 spiro atoms. The number of fused-ring (bicyclic) bond motifs is 4. The monoisotopic (exact) mass is 818 g/mol. The molecule has 0 fully saturated rings. The quantitative estimate of drug-likeness (QED) is 0.108. The van der Waals surface area contributed by atoms with Gasteiger partial charge in [0, 0.05) is 50.0 Å². The van der Waals surface area contributed by atoms with E-state index in [2.05, 4.69) is 142 Å². The van der Waals surface area contributed by atoms with Crippen LogP contribution < -0.4 is 0 Å². The van der Waals surface area contributed by atoms with Crippen LogP contribution in [0.15, 0.2) is 219 Å². The Morgan fingerprint density at radius 2 is 0.953 bits per heavy atom. The topological polar surface area (TPSA) is 52.9 Å². The zero-order valence-corrected chi connectivity index (χ0v) is 34.7. The highest BCUT2D eigenvalue weighted by Gasteiger charge is 2.24. The molecule has 64 heavy (non-hydrogen) atoms. The number of allylic oxidation sites excluding steroid dienone is 2. The van der Waals surface area contributed by atoms with Crippen molar-refractivity contribution in [2.75, 3.05) is 0 Å². The maximum absolute atomic E-state index is 8.06. The smallest absolute Gasteiger partial charge is 0.188 e. The van der Waals surface area contributed by atoms with Crippen LogP contribution in [0.25, 0.3) is 111 Å². The van der Waals surface area contributed by atoms with Gasteiger partial charge in [0.2, 0.25) is 0 Å². The Kier molecular flexibility index (Phi) is 9.61. The van der Waals surface area contributed by atoms with Crippen molar-refractivity contribution in [3.63, 3.8) is 0 Å². The predicted molar refractivity (Wildman–Crippen MR) is 264 cm³/mol. The highest BCUT2D eigenvalue weighted by molar-refractivity contribution is 6.12. The Morgan fingerprint density at radius 3 is 1.52 bits per heavy atom. The largest absolute Gasteiger partial charge is 0.310 e. The Balaban J connectivity index is 1.23. The van der Waals surface area contributed by atoms with E-state index in [0.717, 1.165) is 88.7 Å². The molecule has 0 aliphatic heterocycles. The van der Waals surface area contributed by atoms with Gasteiger partial charge in [-0.15, -0.1) is 0 Å². The predicted octanol–water partition coefficient (Wildman–Crippen LogP) is 15.0. The average molecular weight is 819 g/mol. The minimum Gasteiger partial charge on any atom is -0.310 e. The molecule has 0 bridgehead atoms. The number of para-hydroxylation sites is 1. The third-order valence-corrected chi connectivity index (χ3v) is 11.7. The number of hydrogen-bond acceptors (Lipinski definition) is 3. The summed E-state index contributed by atoms with van der Waals surface area (Å²) in [5.74, 6) is 1.77. The molecule has 0 aliphatic rings. The van der Waals surface area contributed by atoms with Crippen molar-refractivity contribution in [3.05, 3.63) is 236 Å². The average Bonchev–Trinajstić information content (AvgIpc) is 3.90. The Hall–Kier alpha value is -8.92. The molecule has 0 radical (unpaired) electrons. The van der Waals surface area contributed by atoms with Gasteiger partial charge in [0.1, 0.15) is 0 Å². The Bertz CT molecular complexity index is 3500. The fraction of sp³-hybridized carbons (Fsp3) is 0. The van der Waals surface area contributed by atoms with Gasteiger partial charge < -0.3 is 9.13 Å². The standard InChI is InChI=1S/C58H38N6/c1-3-4-28-46-34-43-27-17-18-29-52(43)63(46)47-31-33-54-51(38-47)50-37-45(59-2)30-32-53(50)64(54)55-48(39-19-9-5-10-20-39)35-44(36-49(55)40-21-11-6-12-22-40)58-61-56(41-23-13-7-14-24-41)60-57(62-58)42-25-15-8-16-26-42/h3-38H,1H2/b28-4-. The summed E-state index contributed by atoms with van der Waals surface area (Å²) >= 11 is 0. The number of aromatic nitrogens is 5. The summed E-state index contributed by atoms with van der Waals surface area (Å²) < 4.78 is 4.67. The van der Waals surface area contributed by atoms with Crippen LogP contribution in [0.4, 0.5) is 5.69 Å². The van der Waals surface area contributed by atoms with Crippen molar-refractivity contribution in [1.29, 1.82) is 0 Å². The molecule has 0 amide bonds. The molecular weight excluding hydrogens is 781 g/mol. The lowest BCUT2D eigenvalue weighted by molar-refractivity contribution is 1.07. The normalized spacial score (nSPS) is 11.4. The van der Waals surface area contributed by atoms with E-state index in [-0.39, 0.29) is 0 Å². The molecule has 0 unspecified atom stereocenters. The van der Waals surface area contributed by atoms with Gasteiger partial charge in [-0.2, -0.15) is 0 Å². The molecule has 3 heterocycles. The van der Waals surface area contributed by atoms with Gasteiger partial charge in [0.15, 0.2) is 23.2 Å². The van der Waals surface area contributed by atoms with Crippen LogP contribution in [-0.4, -0.2) is 24.1 Å². The number of rotatable bonds is 9. The minimum absolute atomic E-state index is 0.572. The molecule has 0 saturated heterocycles. The van der Waals surface area contributed by atoms with Crippen LogP contribution in [0, 0.1) is 6.57 Å². The molecule has 6 nitrogen and oxygen atoms in total. The Morgan fingerprint density at radius 1 is 0.453 bits per heavy atom. The minimum atomic E-state index is 0.572. The maximum atomic E-state index is 8.06. The van der Waals surface area contributed by atoms with Gasteiger partial charge in [0.25, 0.3) is 0 Å². The Labute approximate surface area is 370 Å². The number of benzene rings is 8. The first-order valence-electron chi connectivity index (χ1n) is 21.2. The van der Waals surface area contributed by atoms with Gasteiger partial charge in [-0.25, -0.2) is 19.8 Å². The van der Waals surface area contributed by atoms with Crippen molar-refractivity contribution in [2.45, 2.75) is 0 Å². The molecular formula is C58H38N6. The van der Waals surface area contributed by atoms with E-state index < -0.39 is 0 Å². The lowest BCUT2D eigenvalue weighted by atomic mass is 9.92. The number of hydrogen-bond donors (Lipinski definition) is 0. The van der Waals surface area contributed by atoms with Gasteiger partial charge in [-0.1, -0.05) is 164 Å². The first-order chi connectivity index (χ1) is 31.6. The molecule has 0 aliphatic carbocycles. The SMILES string of the molecule is [C-]#[N+]c1ccc2c(c1)c1cc(-n3c(/C=C\C=C)cc4ccccc43)ccc1n2-c1c(-c2ccccc2)cc(-c2nc(-c3ccccc3)nc(-c3ccccc3)n2)cc1-c1ccccc1. The summed E-state index contributed by atoms with van der Waals surface area (Å²) in [5.41, 5.74) is 13.5. The highest BCUT2D eigenvalue weighted by Crippen LogP contribution is 2.45. The summed E-state index contributed by atoms with van der Waals surface area (Å²) in [5, 5.41) is 3.17. The molecule has 0 saturated carbocycles. The van der Waals surface area contributed by atoms with Gasteiger partial charge in [-0.05, 0) is 77.2 Å². The van der Waals surface area contributed by atoms with E-state index in [9.17, 15) is 0 Å². The van der Waals surface area contributed by atoms with Crippen molar-refractivity contribution in [3.8, 4) is 67.8 Å². The molecule has 300 valence electrons. The lowest BCUT2D eigenvalue weighted by Gasteiger charge is -2.21. The van der Waals surface area contributed by atoms with Crippen LogP contribution in [0.3, 0.4) is 0 Å². The van der Waals surface area contributed by atoms with Crippen LogP contribution >= 0.6 is 0 Å². The van der Waals surface area contributed by atoms with Gasteiger partial charge >= 0.3 is 0 Å². The fourth-order valence-corrected chi connectivity index (χ4v) is 8.82. The molecule has 8 aromatic carbocycles. The second-order valence-corrected chi connectivity index (χ2v) is 15.6. The van der Waals surface area contributed by atoms with E-state index in [1.165, 1.54) is 0 Å². The zero-order chi connectivity index (χ0) is 43.0. The highest BCUT2D eigenvalue weighted by atomic mass is 15.0. The van der Waals surface area contributed by atoms with E-state index in [4.69, 9.17) is 21.5 Å². The van der Waals surface area contributed by atoms with E-state index in [1.807, 2.05) is 91.0 Å². The molecule has 3 aromatic heterocycles. The summed E-state index contributed by atoms with van der Waals surface area (Å²) in [6, 6.07) is 69.0. The summed E-state index contributed by atoms with van der Waals surface area (Å²) in [7, 11) is 0. The second kappa shape index (κ2) is 16.2. The zero-order valence-electron chi connectivity index (χ0n) is 34.7. The summed E-state index contributed by atoms with van der Waals surface area (Å²) in [4.78, 5) is 19.3. The van der Waals surface area contributed by atoms with Crippen LogP contribution in [-0.2, 0) is 0 Å². The van der Waals surface area contributed by atoms with Gasteiger partial charge in [0.05, 0.1) is 28.8 Å². The molecule has 11 aromatic rings. The molecule has 0 N–H and O–H groups in total. The van der Waals surface area contributed by atoms with Gasteiger partial charge in [-0.3, -0.25) is 0 Å². The molecule has 6 heteroatoms. The van der Waals surface area contributed by atoms with E-state index in [0.29, 0.717) is 23.2 Å². The van der Waals surface area contributed by atoms with E-state index in [1.54, 1.807) is 6.08 Å². The molecule has 0 atom stereocenters. The molecule has 11 rings (SSSR count). The number of nitrogens with zero attached hydrogens (tertiary/aromatic N) is 6. The van der Waals surface area contributed by atoms with E-state index >= 15 is 0 Å². The first-order valence-corrected chi connectivity index (χ1v) is 21.2. The third kappa shape index (κ3) is 6.75.